The molecule has 148 valence electrons. The maximum absolute atomic E-state index is 6.09. The van der Waals surface area contributed by atoms with Crippen LogP contribution in [0, 0.1) is 0 Å². The van der Waals surface area contributed by atoms with E-state index in [-0.39, 0.29) is 0 Å². The first kappa shape index (κ1) is 19.2. The Bertz CT molecular complexity index is 1100. The van der Waals surface area contributed by atoms with Gasteiger partial charge in [-0.25, -0.2) is 4.98 Å². The molecule has 0 saturated carbocycles. The summed E-state index contributed by atoms with van der Waals surface area (Å²) in [4.78, 5) is 7.25. The second-order valence-corrected chi connectivity index (χ2v) is 8.03. The predicted molar refractivity (Wildman–Crippen MR) is 121 cm³/mol. The summed E-state index contributed by atoms with van der Waals surface area (Å²) in [5.41, 5.74) is 13.7. The van der Waals surface area contributed by atoms with Crippen LogP contribution in [0.25, 0.3) is 16.9 Å². The molecule has 0 unspecified atom stereocenters. The maximum Gasteiger partial charge on any atom is 0.137 e. The lowest BCUT2D eigenvalue weighted by molar-refractivity contribution is 0.314. The van der Waals surface area contributed by atoms with E-state index in [4.69, 9.17) is 10.7 Å². The molecule has 0 aliphatic heterocycles. The highest BCUT2D eigenvalue weighted by Crippen LogP contribution is 2.28. The van der Waals surface area contributed by atoms with E-state index < -0.39 is 0 Å². The van der Waals surface area contributed by atoms with Crippen molar-refractivity contribution in [2.75, 3.05) is 12.8 Å². The Morgan fingerprint density at radius 3 is 2.34 bits per heavy atom. The second kappa shape index (κ2) is 8.10. The minimum atomic E-state index is 0.515. The molecule has 0 saturated heterocycles. The fraction of sp³-hybridized carbons (Fsp3) is 0.240. The SMILES string of the molecule is CC(C)c1ccc(-c2nc3ccc(N)cn3c2CN(C)Cc2ccccc2)cc1. The number of pyridine rings is 1. The molecule has 2 aromatic carbocycles. The summed E-state index contributed by atoms with van der Waals surface area (Å²) in [6.07, 6.45) is 1.97. The molecule has 0 atom stereocenters. The fourth-order valence-corrected chi connectivity index (χ4v) is 3.72. The number of nitrogen functional groups attached to an aromatic ring is 1. The summed E-state index contributed by atoms with van der Waals surface area (Å²) < 4.78 is 2.13. The number of benzene rings is 2. The Morgan fingerprint density at radius 2 is 1.66 bits per heavy atom. The Labute approximate surface area is 172 Å². The van der Waals surface area contributed by atoms with Crippen LogP contribution in [0.5, 0.6) is 0 Å². The van der Waals surface area contributed by atoms with Crippen molar-refractivity contribution in [1.29, 1.82) is 0 Å². The van der Waals surface area contributed by atoms with Gasteiger partial charge in [-0.05, 0) is 36.2 Å². The van der Waals surface area contributed by atoms with E-state index in [1.807, 2.05) is 18.3 Å². The molecule has 4 nitrogen and oxygen atoms in total. The van der Waals surface area contributed by atoms with Gasteiger partial charge in [-0.15, -0.1) is 0 Å². The van der Waals surface area contributed by atoms with E-state index >= 15 is 0 Å². The molecule has 2 heterocycles. The van der Waals surface area contributed by atoms with E-state index in [1.54, 1.807) is 0 Å². The first-order chi connectivity index (χ1) is 14.0. The van der Waals surface area contributed by atoms with Crippen molar-refractivity contribution in [1.82, 2.24) is 14.3 Å². The molecule has 0 aliphatic carbocycles. The predicted octanol–water partition coefficient (Wildman–Crippen LogP) is 5.34. The van der Waals surface area contributed by atoms with Crippen LogP contribution in [0.15, 0.2) is 72.9 Å². The number of rotatable bonds is 6. The van der Waals surface area contributed by atoms with Gasteiger partial charge in [0.15, 0.2) is 0 Å². The molecule has 4 aromatic rings. The van der Waals surface area contributed by atoms with Gasteiger partial charge in [-0.2, -0.15) is 0 Å². The van der Waals surface area contributed by atoms with E-state index in [2.05, 4.69) is 84.8 Å². The van der Waals surface area contributed by atoms with Crippen LogP contribution in [-0.4, -0.2) is 21.3 Å². The molecule has 29 heavy (non-hydrogen) atoms. The number of hydrogen-bond donors (Lipinski definition) is 1. The molecule has 0 bridgehead atoms. The zero-order chi connectivity index (χ0) is 20.4. The monoisotopic (exact) mass is 384 g/mol. The first-order valence-corrected chi connectivity index (χ1v) is 10.1. The van der Waals surface area contributed by atoms with E-state index in [0.717, 1.165) is 41.4 Å². The Morgan fingerprint density at radius 1 is 0.931 bits per heavy atom. The lowest BCUT2D eigenvalue weighted by Crippen LogP contribution is -2.18. The maximum atomic E-state index is 6.09. The molecular formula is C25H28N4. The summed E-state index contributed by atoms with van der Waals surface area (Å²) in [5, 5.41) is 0. The molecule has 0 aliphatic rings. The second-order valence-electron chi connectivity index (χ2n) is 8.03. The van der Waals surface area contributed by atoms with E-state index in [9.17, 15) is 0 Å². The lowest BCUT2D eigenvalue weighted by Gasteiger charge is -2.18. The number of anilines is 1. The quantitative estimate of drug-likeness (QED) is 0.488. The summed E-state index contributed by atoms with van der Waals surface area (Å²) in [5.74, 6) is 0.515. The van der Waals surface area contributed by atoms with Crippen LogP contribution in [0.2, 0.25) is 0 Å². The molecular weight excluding hydrogens is 356 g/mol. The van der Waals surface area contributed by atoms with Crippen LogP contribution in [-0.2, 0) is 13.1 Å². The molecule has 0 fully saturated rings. The fourth-order valence-electron chi connectivity index (χ4n) is 3.72. The van der Waals surface area contributed by atoms with Gasteiger partial charge >= 0.3 is 0 Å². The van der Waals surface area contributed by atoms with Gasteiger partial charge in [0, 0.05) is 30.5 Å². The van der Waals surface area contributed by atoms with Gasteiger partial charge in [-0.1, -0.05) is 68.4 Å². The van der Waals surface area contributed by atoms with Crippen molar-refractivity contribution >= 4 is 11.3 Å². The minimum Gasteiger partial charge on any atom is -0.398 e. The summed E-state index contributed by atoms with van der Waals surface area (Å²) in [6.45, 7) is 6.09. The molecule has 0 spiro atoms. The minimum absolute atomic E-state index is 0.515. The van der Waals surface area contributed by atoms with Gasteiger partial charge in [0.05, 0.1) is 11.4 Å². The smallest absolute Gasteiger partial charge is 0.137 e. The number of fused-ring (bicyclic) bond motifs is 1. The topological polar surface area (TPSA) is 46.6 Å². The Kier molecular flexibility index (Phi) is 5.36. The highest BCUT2D eigenvalue weighted by Gasteiger charge is 2.16. The van der Waals surface area contributed by atoms with Crippen molar-refractivity contribution in [3.63, 3.8) is 0 Å². The average molecular weight is 385 g/mol. The number of nitrogens with zero attached hydrogens (tertiary/aromatic N) is 3. The van der Waals surface area contributed by atoms with Crippen LogP contribution >= 0.6 is 0 Å². The molecule has 4 rings (SSSR count). The number of imidazole rings is 1. The molecule has 2 aromatic heterocycles. The van der Waals surface area contributed by atoms with Crippen LogP contribution < -0.4 is 5.73 Å². The number of aromatic nitrogens is 2. The lowest BCUT2D eigenvalue weighted by atomic mass is 10.0. The third kappa shape index (κ3) is 4.17. The standard InChI is InChI=1S/C25H28N4/c1-18(2)20-9-11-21(12-10-20)25-23(29-16-22(26)13-14-24(29)27-25)17-28(3)15-19-7-5-4-6-8-19/h4-14,16,18H,15,17,26H2,1-3H3. The van der Waals surface area contributed by atoms with Crippen LogP contribution in [0.3, 0.4) is 0 Å². The number of hydrogen-bond acceptors (Lipinski definition) is 3. The van der Waals surface area contributed by atoms with Gasteiger partial charge in [0.1, 0.15) is 5.65 Å². The zero-order valence-corrected chi connectivity index (χ0v) is 17.3. The summed E-state index contributed by atoms with van der Waals surface area (Å²) in [6, 6.07) is 23.2. The Balaban J connectivity index is 1.72. The molecule has 4 heteroatoms. The first-order valence-electron chi connectivity index (χ1n) is 10.1. The third-order valence-electron chi connectivity index (χ3n) is 5.31. The molecule has 0 radical (unpaired) electrons. The van der Waals surface area contributed by atoms with Crippen molar-refractivity contribution in [3.05, 3.63) is 89.7 Å². The largest absolute Gasteiger partial charge is 0.398 e. The van der Waals surface area contributed by atoms with E-state index in [0.29, 0.717) is 5.92 Å². The average Bonchev–Trinajstić information content (AvgIpc) is 3.06. The normalized spacial score (nSPS) is 11.6. The van der Waals surface area contributed by atoms with Crippen molar-refractivity contribution in [2.45, 2.75) is 32.9 Å². The van der Waals surface area contributed by atoms with Crippen LogP contribution in [0.1, 0.15) is 36.6 Å². The van der Waals surface area contributed by atoms with Gasteiger partial charge in [0.25, 0.3) is 0 Å². The van der Waals surface area contributed by atoms with Gasteiger partial charge < -0.3 is 10.1 Å². The highest BCUT2D eigenvalue weighted by molar-refractivity contribution is 5.67. The highest BCUT2D eigenvalue weighted by atomic mass is 15.1. The zero-order valence-electron chi connectivity index (χ0n) is 17.3. The summed E-state index contributed by atoms with van der Waals surface area (Å²) >= 11 is 0. The Hall–Kier alpha value is -3.11. The third-order valence-corrected chi connectivity index (χ3v) is 5.31. The number of nitrogens with two attached hydrogens (primary N) is 1. The summed E-state index contributed by atoms with van der Waals surface area (Å²) in [7, 11) is 2.14. The van der Waals surface area contributed by atoms with E-state index in [1.165, 1.54) is 11.1 Å². The van der Waals surface area contributed by atoms with Crippen LogP contribution in [0.4, 0.5) is 5.69 Å². The van der Waals surface area contributed by atoms with Crippen molar-refractivity contribution < 1.29 is 0 Å². The van der Waals surface area contributed by atoms with Gasteiger partial charge in [0.2, 0.25) is 0 Å². The van der Waals surface area contributed by atoms with Crippen molar-refractivity contribution in [2.24, 2.45) is 0 Å². The molecule has 0 amide bonds. The molecule has 2 N–H and O–H groups in total. The van der Waals surface area contributed by atoms with Gasteiger partial charge in [-0.3, -0.25) is 4.90 Å². The van der Waals surface area contributed by atoms with Crippen molar-refractivity contribution in [3.8, 4) is 11.3 Å².